The molecule has 2 N–H and O–H groups in total. The molecule has 0 unspecified atom stereocenters. The average molecular weight is 400 g/mol. The van der Waals surface area contributed by atoms with Crippen molar-refractivity contribution < 1.29 is 9.47 Å². The summed E-state index contributed by atoms with van der Waals surface area (Å²) >= 11 is 5.49. The molecule has 0 amide bonds. The van der Waals surface area contributed by atoms with Gasteiger partial charge in [-0.2, -0.15) is 0 Å². The highest BCUT2D eigenvalue weighted by atomic mass is 32.1. The molecule has 0 aromatic heterocycles. The molecule has 1 aliphatic rings. The number of nitrogens with zero attached hydrogens (tertiary/aromatic N) is 1. The van der Waals surface area contributed by atoms with Crippen LogP contribution < -0.4 is 15.4 Å². The van der Waals surface area contributed by atoms with Crippen molar-refractivity contribution >= 4 is 17.3 Å². The van der Waals surface area contributed by atoms with Crippen molar-refractivity contribution in [2.75, 3.05) is 46.5 Å². The molecule has 0 aliphatic carbocycles. The van der Waals surface area contributed by atoms with Crippen LogP contribution in [0, 0.1) is 0 Å². The van der Waals surface area contributed by atoms with E-state index in [1.54, 1.807) is 7.11 Å². The third-order valence-corrected chi connectivity index (χ3v) is 5.27. The van der Waals surface area contributed by atoms with Crippen LogP contribution in [-0.4, -0.2) is 56.5 Å². The van der Waals surface area contributed by atoms with E-state index in [9.17, 15) is 0 Å². The van der Waals surface area contributed by atoms with Crippen LogP contribution in [0.5, 0.6) is 5.75 Å². The molecule has 150 valence electrons. The second-order valence-corrected chi connectivity index (χ2v) is 7.22. The van der Waals surface area contributed by atoms with Crippen LogP contribution in [0.15, 0.2) is 54.6 Å². The predicted octanol–water partition coefficient (Wildman–Crippen LogP) is 2.78. The summed E-state index contributed by atoms with van der Waals surface area (Å²) in [6.07, 6.45) is 0.952. The van der Waals surface area contributed by atoms with Gasteiger partial charge in [0.15, 0.2) is 5.11 Å². The van der Waals surface area contributed by atoms with Gasteiger partial charge in [0.2, 0.25) is 0 Å². The zero-order valence-electron chi connectivity index (χ0n) is 16.4. The van der Waals surface area contributed by atoms with Gasteiger partial charge < -0.3 is 20.1 Å². The van der Waals surface area contributed by atoms with E-state index < -0.39 is 0 Å². The quantitative estimate of drug-likeness (QED) is 0.666. The summed E-state index contributed by atoms with van der Waals surface area (Å²) in [4.78, 5) is 2.45. The van der Waals surface area contributed by atoms with Gasteiger partial charge in [0.25, 0.3) is 0 Å². The number of nitrogens with one attached hydrogen (secondary N) is 2. The predicted molar refractivity (Wildman–Crippen MR) is 117 cm³/mol. The molecule has 0 spiro atoms. The zero-order valence-corrected chi connectivity index (χ0v) is 17.2. The molecular formula is C22H29N3O2S. The summed E-state index contributed by atoms with van der Waals surface area (Å²) in [7, 11) is 1.69. The van der Waals surface area contributed by atoms with Crippen molar-refractivity contribution in [3.05, 3.63) is 65.7 Å². The Bertz CT molecular complexity index is 718. The van der Waals surface area contributed by atoms with E-state index in [0.717, 1.165) is 51.6 Å². The molecule has 2 aromatic rings. The molecule has 0 bridgehead atoms. The number of benzene rings is 2. The number of rotatable bonds is 8. The Hall–Kier alpha value is -2.15. The van der Waals surface area contributed by atoms with Crippen LogP contribution in [0.3, 0.4) is 0 Å². The zero-order chi connectivity index (χ0) is 19.6. The minimum atomic E-state index is 0.240. The highest BCUT2D eigenvalue weighted by Gasteiger charge is 2.22. The number of methoxy groups -OCH3 is 1. The first-order valence-electron chi connectivity index (χ1n) is 9.77. The topological polar surface area (TPSA) is 45.8 Å². The van der Waals surface area contributed by atoms with E-state index in [1.807, 2.05) is 18.2 Å². The third kappa shape index (κ3) is 6.19. The lowest BCUT2D eigenvalue weighted by Crippen LogP contribution is -2.45. The Morgan fingerprint density at radius 3 is 2.46 bits per heavy atom. The Kier molecular flexibility index (Phi) is 8.08. The van der Waals surface area contributed by atoms with Crippen LogP contribution in [0.4, 0.5) is 0 Å². The molecule has 6 heteroatoms. The molecule has 2 aromatic carbocycles. The van der Waals surface area contributed by atoms with Gasteiger partial charge in [-0.3, -0.25) is 4.90 Å². The fourth-order valence-corrected chi connectivity index (χ4v) is 3.58. The Morgan fingerprint density at radius 2 is 1.79 bits per heavy atom. The van der Waals surface area contributed by atoms with Gasteiger partial charge in [0.1, 0.15) is 5.75 Å². The lowest BCUT2D eigenvalue weighted by Gasteiger charge is -2.35. The number of thiocarbonyl (C=S) groups is 1. The molecule has 3 rings (SSSR count). The molecule has 1 heterocycles. The van der Waals surface area contributed by atoms with Crippen LogP contribution in [0.1, 0.15) is 17.2 Å². The molecule has 0 saturated carbocycles. The smallest absolute Gasteiger partial charge is 0.166 e. The molecule has 0 radical (unpaired) electrons. The summed E-state index contributed by atoms with van der Waals surface area (Å²) in [5.41, 5.74) is 2.56. The molecular weight excluding hydrogens is 370 g/mol. The summed E-state index contributed by atoms with van der Waals surface area (Å²) in [5, 5.41) is 7.41. The van der Waals surface area contributed by atoms with Crippen LogP contribution >= 0.6 is 12.2 Å². The number of hydrogen-bond acceptors (Lipinski definition) is 4. The summed E-state index contributed by atoms with van der Waals surface area (Å²) in [6.45, 7) is 4.96. The van der Waals surface area contributed by atoms with Crippen molar-refractivity contribution in [1.82, 2.24) is 15.5 Å². The molecule has 5 nitrogen and oxygen atoms in total. The minimum absolute atomic E-state index is 0.240. The first-order chi connectivity index (χ1) is 13.8. The van der Waals surface area contributed by atoms with Crippen molar-refractivity contribution in [3.8, 4) is 5.75 Å². The third-order valence-electron chi connectivity index (χ3n) is 4.99. The summed E-state index contributed by atoms with van der Waals surface area (Å²) in [6, 6.07) is 19.0. The van der Waals surface area contributed by atoms with E-state index >= 15 is 0 Å². The van der Waals surface area contributed by atoms with Gasteiger partial charge in [-0.05, 0) is 41.9 Å². The lowest BCUT2D eigenvalue weighted by molar-refractivity contribution is 0.0170. The van der Waals surface area contributed by atoms with E-state index in [-0.39, 0.29) is 6.04 Å². The van der Waals surface area contributed by atoms with Crippen molar-refractivity contribution in [1.29, 1.82) is 0 Å². The fraction of sp³-hybridized carbons (Fsp3) is 0.409. The molecule has 1 saturated heterocycles. The lowest BCUT2D eigenvalue weighted by atomic mass is 10.0. The fourth-order valence-electron chi connectivity index (χ4n) is 3.39. The number of hydrogen-bond donors (Lipinski definition) is 2. The second kappa shape index (κ2) is 11.0. The Morgan fingerprint density at radius 1 is 1.07 bits per heavy atom. The molecule has 1 atom stereocenters. The second-order valence-electron chi connectivity index (χ2n) is 6.81. The van der Waals surface area contributed by atoms with Gasteiger partial charge in [0.05, 0.1) is 26.4 Å². The Balaban J connectivity index is 1.53. The highest BCUT2D eigenvalue weighted by molar-refractivity contribution is 7.80. The van der Waals surface area contributed by atoms with E-state index in [0.29, 0.717) is 5.11 Å². The minimum Gasteiger partial charge on any atom is -0.497 e. The van der Waals surface area contributed by atoms with E-state index in [2.05, 4.69) is 51.9 Å². The van der Waals surface area contributed by atoms with E-state index in [1.165, 1.54) is 11.1 Å². The molecule has 1 fully saturated rings. The standard InChI is InChI=1S/C22H29N3O2S/c1-26-20-9-7-19(8-10-20)21(25-13-15-27-16-14-25)17-24-22(28)23-12-11-18-5-3-2-4-6-18/h2-10,21H,11-17H2,1H3,(H2,23,24,28)/t21-/m1/s1. The monoisotopic (exact) mass is 399 g/mol. The number of ether oxygens (including phenoxy) is 2. The van der Waals surface area contributed by atoms with E-state index in [4.69, 9.17) is 21.7 Å². The normalized spacial score (nSPS) is 15.6. The van der Waals surface area contributed by atoms with Crippen molar-refractivity contribution in [2.45, 2.75) is 12.5 Å². The SMILES string of the molecule is COc1ccc([C@@H](CNC(=S)NCCc2ccccc2)N2CCOCC2)cc1. The van der Waals surface area contributed by atoms with Crippen LogP contribution in [-0.2, 0) is 11.2 Å². The number of morpholine rings is 1. The maximum absolute atomic E-state index is 5.52. The average Bonchev–Trinajstić information content (AvgIpc) is 2.76. The summed E-state index contributed by atoms with van der Waals surface area (Å²) < 4.78 is 10.8. The maximum atomic E-state index is 5.52. The van der Waals surface area contributed by atoms with Gasteiger partial charge >= 0.3 is 0 Å². The first-order valence-corrected chi connectivity index (χ1v) is 10.2. The van der Waals surface area contributed by atoms with Gasteiger partial charge in [-0.15, -0.1) is 0 Å². The van der Waals surface area contributed by atoms with Crippen LogP contribution in [0.25, 0.3) is 0 Å². The maximum Gasteiger partial charge on any atom is 0.166 e. The molecule has 28 heavy (non-hydrogen) atoms. The van der Waals surface area contributed by atoms with Gasteiger partial charge in [-0.1, -0.05) is 42.5 Å². The first kappa shape index (κ1) is 20.6. The highest BCUT2D eigenvalue weighted by Crippen LogP contribution is 2.23. The molecule has 1 aliphatic heterocycles. The van der Waals surface area contributed by atoms with Gasteiger partial charge in [0, 0.05) is 26.2 Å². The largest absolute Gasteiger partial charge is 0.497 e. The van der Waals surface area contributed by atoms with Crippen molar-refractivity contribution in [2.24, 2.45) is 0 Å². The van der Waals surface area contributed by atoms with Gasteiger partial charge in [-0.25, -0.2) is 0 Å². The van der Waals surface area contributed by atoms with Crippen molar-refractivity contribution in [3.63, 3.8) is 0 Å². The Labute approximate surface area is 173 Å². The summed E-state index contributed by atoms with van der Waals surface area (Å²) in [5.74, 6) is 0.871. The van der Waals surface area contributed by atoms with Crippen LogP contribution in [0.2, 0.25) is 0 Å².